The number of halogens is 1. The SMILES string of the molecule is CCCCN(C)C(=O)c1cc(NS(=O)(=O)c2ccc(Cl)cc2)ccc1N1CCNCC1. The minimum absolute atomic E-state index is 0.107. The Morgan fingerprint density at radius 2 is 1.84 bits per heavy atom. The van der Waals surface area contributed by atoms with Crippen molar-refractivity contribution in [2.75, 3.05) is 49.4 Å². The van der Waals surface area contributed by atoms with E-state index in [1.54, 1.807) is 24.1 Å². The molecule has 0 aromatic heterocycles. The summed E-state index contributed by atoms with van der Waals surface area (Å²) >= 11 is 5.87. The van der Waals surface area contributed by atoms with Crippen molar-refractivity contribution in [3.63, 3.8) is 0 Å². The number of nitrogens with one attached hydrogen (secondary N) is 2. The van der Waals surface area contributed by atoms with Crippen LogP contribution < -0.4 is 14.9 Å². The van der Waals surface area contributed by atoms with Gasteiger partial charge in [0.2, 0.25) is 0 Å². The van der Waals surface area contributed by atoms with Crippen LogP contribution in [0.3, 0.4) is 0 Å². The molecule has 1 heterocycles. The number of rotatable bonds is 8. The van der Waals surface area contributed by atoms with E-state index in [4.69, 9.17) is 11.6 Å². The maximum Gasteiger partial charge on any atom is 0.261 e. The Morgan fingerprint density at radius 1 is 1.16 bits per heavy atom. The number of piperazine rings is 1. The van der Waals surface area contributed by atoms with Crippen molar-refractivity contribution in [2.45, 2.75) is 24.7 Å². The van der Waals surface area contributed by atoms with Crippen LogP contribution in [-0.4, -0.2) is 59.0 Å². The van der Waals surface area contributed by atoms with Gasteiger partial charge in [-0.15, -0.1) is 0 Å². The third-order valence-corrected chi connectivity index (χ3v) is 6.90. The third kappa shape index (κ3) is 5.90. The molecule has 9 heteroatoms. The van der Waals surface area contributed by atoms with E-state index in [1.807, 2.05) is 6.07 Å². The molecule has 168 valence electrons. The van der Waals surface area contributed by atoms with Gasteiger partial charge >= 0.3 is 0 Å². The highest BCUT2D eigenvalue weighted by molar-refractivity contribution is 7.92. The van der Waals surface area contributed by atoms with Gasteiger partial charge in [-0.25, -0.2) is 8.42 Å². The number of unbranched alkanes of at least 4 members (excludes halogenated alkanes) is 1. The van der Waals surface area contributed by atoms with Crippen molar-refractivity contribution in [3.8, 4) is 0 Å². The number of sulfonamides is 1. The van der Waals surface area contributed by atoms with Gasteiger partial charge in [0.25, 0.3) is 15.9 Å². The van der Waals surface area contributed by atoms with E-state index in [0.29, 0.717) is 22.8 Å². The zero-order chi connectivity index (χ0) is 22.4. The Kier molecular flexibility index (Phi) is 7.80. The molecular formula is C22H29ClN4O3S. The van der Waals surface area contributed by atoms with Crippen molar-refractivity contribution in [3.05, 3.63) is 53.1 Å². The van der Waals surface area contributed by atoms with E-state index < -0.39 is 10.0 Å². The van der Waals surface area contributed by atoms with Crippen LogP contribution in [0.1, 0.15) is 30.1 Å². The van der Waals surface area contributed by atoms with Gasteiger partial charge < -0.3 is 15.1 Å². The third-order valence-electron chi connectivity index (χ3n) is 5.25. The smallest absolute Gasteiger partial charge is 0.261 e. The summed E-state index contributed by atoms with van der Waals surface area (Å²) in [5.74, 6) is -0.116. The Hall–Kier alpha value is -2.29. The fraction of sp³-hybridized carbons (Fsp3) is 0.409. The summed E-state index contributed by atoms with van der Waals surface area (Å²) in [6.07, 6.45) is 1.90. The molecule has 1 amide bonds. The predicted molar refractivity (Wildman–Crippen MR) is 126 cm³/mol. The van der Waals surface area contributed by atoms with E-state index in [0.717, 1.165) is 44.7 Å². The molecule has 3 rings (SSSR count). The first kappa shape index (κ1) is 23.4. The number of anilines is 2. The molecule has 31 heavy (non-hydrogen) atoms. The standard InChI is InChI=1S/C22H29ClN4O3S/c1-3-4-13-26(2)22(28)20-16-18(7-10-21(20)27-14-11-24-12-15-27)25-31(29,30)19-8-5-17(23)6-9-19/h5-10,16,24-25H,3-4,11-15H2,1-2H3. The van der Waals surface area contributed by atoms with Crippen LogP contribution in [-0.2, 0) is 10.0 Å². The molecule has 2 aromatic carbocycles. The normalized spacial score (nSPS) is 14.4. The Morgan fingerprint density at radius 3 is 2.48 bits per heavy atom. The highest BCUT2D eigenvalue weighted by Crippen LogP contribution is 2.28. The van der Waals surface area contributed by atoms with Crippen LogP contribution in [0.4, 0.5) is 11.4 Å². The second-order valence-corrected chi connectivity index (χ2v) is 9.73. The highest BCUT2D eigenvalue weighted by Gasteiger charge is 2.23. The topological polar surface area (TPSA) is 81.8 Å². The van der Waals surface area contributed by atoms with Gasteiger partial charge in [-0.2, -0.15) is 0 Å². The summed E-state index contributed by atoms with van der Waals surface area (Å²) < 4.78 is 28.2. The number of carbonyl (C=O) groups excluding carboxylic acids is 1. The molecule has 0 spiro atoms. The lowest BCUT2D eigenvalue weighted by molar-refractivity contribution is 0.0794. The predicted octanol–water partition coefficient (Wildman–Crippen LogP) is 3.42. The second-order valence-electron chi connectivity index (χ2n) is 7.61. The Bertz CT molecular complexity index is 1010. The van der Waals surface area contributed by atoms with Crippen LogP contribution >= 0.6 is 11.6 Å². The largest absolute Gasteiger partial charge is 0.368 e. The van der Waals surface area contributed by atoms with Crippen molar-refractivity contribution in [1.29, 1.82) is 0 Å². The molecule has 0 bridgehead atoms. The van der Waals surface area contributed by atoms with Gasteiger partial charge in [-0.05, 0) is 48.9 Å². The van der Waals surface area contributed by atoms with Crippen LogP contribution in [0.25, 0.3) is 0 Å². The lowest BCUT2D eigenvalue weighted by Gasteiger charge is -2.32. The number of hydrogen-bond donors (Lipinski definition) is 2. The molecule has 0 saturated carbocycles. The van der Waals surface area contributed by atoms with E-state index in [9.17, 15) is 13.2 Å². The number of amides is 1. The highest BCUT2D eigenvalue weighted by atomic mass is 35.5. The maximum atomic E-state index is 13.2. The minimum Gasteiger partial charge on any atom is -0.368 e. The molecule has 0 radical (unpaired) electrons. The zero-order valence-corrected chi connectivity index (χ0v) is 19.5. The Labute approximate surface area is 189 Å². The monoisotopic (exact) mass is 464 g/mol. The maximum absolute atomic E-state index is 13.2. The molecule has 1 aliphatic heterocycles. The molecule has 0 atom stereocenters. The van der Waals surface area contributed by atoms with Crippen molar-refractivity contribution >= 4 is 38.9 Å². The lowest BCUT2D eigenvalue weighted by Crippen LogP contribution is -2.44. The van der Waals surface area contributed by atoms with Crippen molar-refractivity contribution < 1.29 is 13.2 Å². The lowest BCUT2D eigenvalue weighted by atomic mass is 10.1. The van der Waals surface area contributed by atoms with E-state index in [1.165, 1.54) is 24.3 Å². The quantitative estimate of drug-likeness (QED) is 0.625. The molecule has 2 aromatic rings. The fourth-order valence-electron chi connectivity index (χ4n) is 3.48. The summed E-state index contributed by atoms with van der Waals surface area (Å²) in [4.78, 5) is 17.2. The summed E-state index contributed by atoms with van der Waals surface area (Å²) in [5, 5.41) is 3.77. The molecule has 0 aliphatic carbocycles. The van der Waals surface area contributed by atoms with Crippen LogP contribution in [0.5, 0.6) is 0 Å². The first-order chi connectivity index (χ1) is 14.8. The first-order valence-electron chi connectivity index (χ1n) is 10.5. The van der Waals surface area contributed by atoms with Gasteiger partial charge in [0, 0.05) is 56.2 Å². The van der Waals surface area contributed by atoms with Gasteiger partial charge in [0.15, 0.2) is 0 Å². The number of carbonyl (C=O) groups is 1. The fourth-order valence-corrected chi connectivity index (χ4v) is 4.66. The van der Waals surface area contributed by atoms with E-state index in [2.05, 4.69) is 21.9 Å². The molecule has 1 aliphatic rings. The molecule has 2 N–H and O–H groups in total. The number of hydrogen-bond acceptors (Lipinski definition) is 5. The summed E-state index contributed by atoms with van der Waals surface area (Å²) in [6, 6.07) is 11.1. The van der Waals surface area contributed by atoms with Crippen LogP contribution in [0, 0.1) is 0 Å². The van der Waals surface area contributed by atoms with Gasteiger partial charge in [-0.1, -0.05) is 24.9 Å². The Balaban J connectivity index is 1.93. The van der Waals surface area contributed by atoms with Crippen molar-refractivity contribution in [2.24, 2.45) is 0 Å². The molecule has 1 fully saturated rings. The number of nitrogens with zero attached hydrogens (tertiary/aromatic N) is 2. The summed E-state index contributed by atoms with van der Waals surface area (Å²) in [5.41, 5.74) is 1.67. The zero-order valence-electron chi connectivity index (χ0n) is 17.9. The summed E-state index contributed by atoms with van der Waals surface area (Å²) in [6.45, 7) is 5.98. The van der Waals surface area contributed by atoms with Crippen molar-refractivity contribution in [1.82, 2.24) is 10.2 Å². The van der Waals surface area contributed by atoms with E-state index in [-0.39, 0.29) is 10.8 Å². The molecular weight excluding hydrogens is 436 g/mol. The average molecular weight is 465 g/mol. The molecule has 0 unspecified atom stereocenters. The summed E-state index contributed by atoms with van der Waals surface area (Å²) in [7, 11) is -2.02. The van der Waals surface area contributed by atoms with Gasteiger partial charge in [0.05, 0.1) is 10.5 Å². The molecule has 1 saturated heterocycles. The van der Waals surface area contributed by atoms with Crippen LogP contribution in [0.2, 0.25) is 5.02 Å². The number of benzene rings is 2. The van der Waals surface area contributed by atoms with Gasteiger partial charge in [0.1, 0.15) is 0 Å². The van der Waals surface area contributed by atoms with Gasteiger partial charge in [-0.3, -0.25) is 9.52 Å². The first-order valence-corrected chi connectivity index (χ1v) is 12.3. The second kappa shape index (κ2) is 10.3. The van der Waals surface area contributed by atoms with Crippen LogP contribution in [0.15, 0.2) is 47.4 Å². The molecule has 7 nitrogen and oxygen atoms in total. The average Bonchev–Trinajstić information content (AvgIpc) is 2.77. The minimum atomic E-state index is -3.80. The van der Waals surface area contributed by atoms with E-state index >= 15 is 0 Å².